The van der Waals surface area contributed by atoms with Gasteiger partial charge < -0.3 is 29.6 Å². The van der Waals surface area contributed by atoms with Gasteiger partial charge in [0.1, 0.15) is 18.5 Å². The van der Waals surface area contributed by atoms with Gasteiger partial charge in [0.25, 0.3) is 0 Å². The van der Waals surface area contributed by atoms with E-state index in [1.165, 1.54) is 0 Å². The van der Waals surface area contributed by atoms with Crippen molar-refractivity contribution in [1.29, 1.82) is 0 Å². The smallest absolute Gasteiger partial charge is 0.191 e. The van der Waals surface area contributed by atoms with E-state index >= 15 is 0 Å². The molecule has 0 saturated heterocycles. The zero-order valence-corrected chi connectivity index (χ0v) is 19.2. The highest BCUT2D eigenvalue weighted by atomic mass is 16.5. The van der Waals surface area contributed by atoms with Crippen molar-refractivity contribution in [2.24, 2.45) is 4.99 Å². The first-order valence-corrected chi connectivity index (χ1v) is 10.6. The summed E-state index contributed by atoms with van der Waals surface area (Å²) in [7, 11) is 3.38. The number of methoxy groups -OCH3 is 1. The van der Waals surface area contributed by atoms with E-state index in [0.717, 1.165) is 22.6 Å². The molecule has 1 atom stereocenters. The molecule has 0 heterocycles. The predicted molar refractivity (Wildman–Crippen MR) is 124 cm³/mol. The van der Waals surface area contributed by atoms with Crippen LogP contribution in [0, 0.1) is 6.92 Å². The second-order valence-corrected chi connectivity index (χ2v) is 7.04. The van der Waals surface area contributed by atoms with Crippen molar-refractivity contribution in [3.8, 4) is 17.2 Å². The highest BCUT2D eigenvalue weighted by molar-refractivity contribution is 5.79. The second kappa shape index (κ2) is 13.4. The molecule has 0 aliphatic carbocycles. The minimum atomic E-state index is -0.0771. The lowest BCUT2D eigenvalue weighted by Gasteiger charge is -2.19. The van der Waals surface area contributed by atoms with Crippen LogP contribution in [-0.2, 0) is 11.3 Å². The zero-order valence-electron chi connectivity index (χ0n) is 19.2. The first-order chi connectivity index (χ1) is 15.1. The summed E-state index contributed by atoms with van der Waals surface area (Å²) in [6.45, 7) is 8.98. The SMILES string of the molecule is CCOCCOc1cc(C)ccc1CNC(=NC)NCC(C)Oc1ccccc1OC. The number of guanidine groups is 1. The second-order valence-electron chi connectivity index (χ2n) is 7.04. The first kappa shape index (κ1) is 24.3. The maximum Gasteiger partial charge on any atom is 0.191 e. The molecule has 31 heavy (non-hydrogen) atoms. The van der Waals surface area contributed by atoms with Gasteiger partial charge in [-0.05, 0) is 44.5 Å². The van der Waals surface area contributed by atoms with Crippen molar-refractivity contribution in [1.82, 2.24) is 10.6 Å². The van der Waals surface area contributed by atoms with Crippen LogP contribution in [0.2, 0.25) is 0 Å². The number of hydrogen-bond acceptors (Lipinski definition) is 5. The Hall–Kier alpha value is -2.93. The molecule has 2 aromatic rings. The van der Waals surface area contributed by atoms with E-state index in [9.17, 15) is 0 Å². The van der Waals surface area contributed by atoms with E-state index in [0.29, 0.717) is 44.6 Å². The molecule has 0 aliphatic heterocycles. The molecule has 0 amide bonds. The summed E-state index contributed by atoms with van der Waals surface area (Å²) in [5, 5.41) is 6.64. The van der Waals surface area contributed by atoms with Crippen LogP contribution < -0.4 is 24.8 Å². The lowest BCUT2D eigenvalue weighted by molar-refractivity contribution is 0.110. The van der Waals surface area contributed by atoms with Gasteiger partial charge in [-0.15, -0.1) is 0 Å². The third-order valence-corrected chi connectivity index (χ3v) is 4.54. The number of aliphatic imine (C=N–C) groups is 1. The number of rotatable bonds is 12. The molecule has 0 fully saturated rings. The summed E-state index contributed by atoms with van der Waals surface area (Å²) in [5.41, 5.74) is 2.21. The number of nitrogens with one attached hydrogen (secondary N) is 2. The van der Waals surface area contributed by atoms with Gasteiger partial charge in [0.2, 0.25) is 0 Å². The Balaban J connectivity index is 1.86. The van der Waals surface area contributed by atoms with Gasteiger partial charge >= 0.3 is 0 Å². The Kier molecular flexibility index (Phi) is 10.5. The molecule has 7 nitrogen and oxygen atoms in total. The minimum Gasteiger partial charge on any atom is -0.493 e. The van der Waals surface area contributed by atoms with Crippen LogP contribution in [0.3, 0.4) is 0 Å². The summed E-state index contributed by atoms with van der Waals surface area (Å²) in [6.07, 6.45) is -0.0771. The summed E-state index contributed by atoms with van der Waals surface area (Å²) >= 11 is 0. The van der Waals surface area contributed by atoms with E-state index < -0.39 is 0 Å². The van der Waals surface area contributed by atoms with E-state index in [-0.39, 0.29) is 6.10 Å². The van der Waals surface area contributed by atoms with Gasteiger partial charge in [0.15, 0.2) is 17.5 Å². The van der Waals surface area contributed by atoms with E-state index in [4.69, 9.17) is 18.9 Å². The molecule has 2 aromatic carbocycles. The largest absolute Gasteiger partial charge is 0.493 e. The van der Waals surface area contributed by atoms with Gasteiger partial charge in [-0.3, -0.25) is 4.99 Å². The van der Waals surface area contributed by atoms with Crippen molar-refractivity contribution in [2.75, 3.05) is 40.5 Å². The average Bonchev–Trinajstić information content (AvgIpc) is 2.78. The van der Waals surface area contributed by atoms with Gasteiger partial charge in [-0.1, -0.05) is 24.3 Å². The quantitative estimate of drug-likeness (QED) is 0.305. The maximum atomic E-state index is 5.99. The number of nitrogens with zero attached hydrogens (tertiary/aromatic N) is 1. The molecule has 0 aliphatic rings. The Morgan fingerprint density at radius 3 is 2.52 bits per heavy atom. The molecule has 0 aromatic heterocycles. The molecular formula is C24H35N3O4. The van der Waals surface area contributed by atoms with Crippen LogP contribution in [0.1, 0.15) is 25.0 Å². The monoisotopic (exact) mass is 429 g/mol. The normalized spacial score (nSPS) is 12.2. The highest BCUT2D eigenvalue weighted by Gasteiger charge is 2.10. The van der Waals surface area contributed by atoms with E-state index in [1.807, 2.05) is 44.2 Å². The molecule has 1 unspecified atom stereocenters. The first-order valence-electron chi connectivity index (χ1n) is 10.6. The summed E-state index contributed by atoms with van der Waals surface area (Å²) in [6, 6.07) is 13.8. The van der Waals surface area contributed by atoms with Crippen molar-refractivity contribution in [2.45, 2.75) is 33.4 Å². The van der Waals surface area contributed by atoms with Crippen LogP contribution >= 0.6 is 0 Å². The number of para-hydroxylation sites is 2. The van der Waals surface area contributed by atoms with Crippen molar-refractivity contribution in [3.05, 3.63) is 53.6 Å². The number of aryl methyl sites for hydroxylation is 1. The lowest BCUT2D eigenvalue weighted by atomic mass is 10.1. The summed E-state index contributed by atoms with van der Waals surface area (Å²) in [5.74, 6) is 2.98. The van der Waals surface area contributed by atoms with Gasteiger partial charge in [-0.25, -0.2) is 0 Å². The van der Waals surface area contributed by atoms with Crippen LogP contribution in [0.15, 0.2) is 47.5 Å². The average molecular weight is 430 g/mol. The Labute approximate surface area is 185 Å². The minimum absolute atomic E-state index is 0.0771. The van der Waals surface area contributed by atoms with Crippen molar-refractivity contribution >= 4 is 5.96 Å². The molecule has 0 radical (unpaired) electrons. The topological polar surface area (TPSA) is 73.3 Å². The molecule has 170 valence electrons. The van der Waals surface area contributed by atoms with E-state index in [2.05, 4.69) is 34.7 Å². The van der Waals surface area contributed by atoms with Gasteiger partial charge in [0.05, 0.1) is 20.3 Å². The Bertz CT molecular complexity index is 826. The number of ether oxygens (including phenoxy) is 4. The fourth-order valence-corrected chi connectivity index (χ4v) is 2.91. The maximum absolute atomic E-state index is 5.99. The Morgan fingerprint density at radius 1 is 1.03 bits per heavy atom. The molecule has 2 rings (SSSR count). The van der Waals surface area contributed by atoms with Crippen LogP contribution in [0.5, 0.6) is 17.2 Å². The third-order valence-electron chi connectivity index (χ3n) is 4.54. The number of benzene rings is 2. The number of hydrogen-bond donors (Lipinski definition) is 2. The molecule has 0 saturated carbocycles. The third kappa shape index (κ3) is 8.38. The van der Waals surface area contributed by atoms with Crippen LogP contribution in [-0.4, -0.2) is 52.6 Å². The van der Waals surface area contributed by atoms with Crippen LogP contribution in [0.25, 0.3) is 0 Å². The molecule has 0 bridgehead atoms. The Morgan fingerprint density at radius 2 is 1.81 bits per heavy atom. The predicted octanol–water partition coefficient (Wildman–Crippen LogP) is 3.55. The van der Waals surface area contributed by atoms with E-state index in [1.54, 1.807) is 14.2 Å². The standard InChI is InChI=1S/C24H35N3O4/c1-6-29-13-14-30-23-15-18(2)11-12-20(23)17-27-24(25-4)26-16-19(3)31-22-10-8-7-9-21(22)28-5/h7-12,15,19H,6,13-14,16-17H2,1-5H3,(H2,25,26,27). The summed E-state index contributed by atoms with van der Waals surface area (Å²) in [4.78, 5) is 4.30. The summed E-state index contributed by atoms with van der Waals surface area (Å²) < 4.78 is 22.6. The fraction of sp³-hybridized carbons (Fsp3) is 0.458. The van der Waals surface area contributed by atoms with Crippen LogP contribution in [0.4, 0.5) is 0 Å². The fourth-order valence-electron chi connectivity index (χ4n) is 2.91. The molecule has 2 N–H and O–H groups in total. The zero-order chi connectivity index (χ0) is 22.5. The van der Waals surface area contributed by atoms with Gasteiger partial charge in [-0.2, -0.15) is 0 Å². The van der Waals surface area contributed by atoms with Crippen molar-refractivity contribution < 1.29 is 18.9 Å². The molecular weight excluding hydrogens is 394 g/mol. The molecule has 7 heteroatoms. The van der Waals surface area contributed by atoms with Crippen molar-refractivity contribution in [3.63, 3.8) is 0 Å². The lowest BCUT2D eigenvalue weighted by Crippen LogP contribution is -2.41. The molecule has 0 spiro atoms. The van der Waals surface area contributed by atoms with Gasteiger partial charge in [0, 0.05) is 25.8 Å². The highest BCUT2D eigenvalue weighted by Crippen LogP contribution is 2.26.